The molecule has 0 radical (unpaired) electrons. The van der Waals surface area contributed by atoms with E-state index in [1.165, 1.54) is 0 Å². The molecule has 5 heteroatoms. The van der Waals surface area contributed by atoms with Crippen molar-refractivity contribution in [1.29, 1.82) is 0 Å². The fourth-order valence-corrected chi connectivity index (χ4v) is 2.10. The molecule has 0 spiro atoms. The molecule has 0 fully saturated rings. The van der Waals surface area contributed by atoms with Gasteiger partial charge in [-0.1, -0.05) is 12.1 Å². The Morgan fingerprint density at radius 2 is 1.70 bits per heavy atom. The van der Waals surface area contributed by atoms with Crippen LogP contribution >= 0.6 is 0 Å². The molecule has 110 valence electrons. The van der Waals surface area contributed by atoms with Crippen molar-refractivity contribution in [3.63, 3.8) is 0 Å². The molecule has 5 nitrogen and oxygen atoms in total. The maximum atomic E-state index is 5.58. The Bertz CT molecular complexity index is 525. The summed E-state index contributed by atoms with van der Waals surface area (Å²) in [5, 5.41) is 0. The van der Waals surface area contributed by atoms with Gasteiger partial charge in [-0.05, 0) is 19.1 Å². The fourth-order valence-electron chi connectivity index (χ4n) is 2.10. The summed E-state index contributed by atoms with van der Waals surface area (Å²) in [5.74, 6) is 1.02. The highest BCUT2D eigenvalue weighted by molar-refractivity contribution is 5.75. The number of rotatable bonds is 9. The average molecular weight is 278 g/mol. The zero-order chi connectivity index (χ0) is 14.2. The molecule has 1 aromatic heterocycles. The molecule has 2 aromatic rings. The van der Waals surface area contributed by atoms with E-state index in [1.807, 2.05) is 25.1 Å². The number of aromatic nitrogens is 2. The van der Waals surface area contributed by atoms with Crippen LogP contribution < -0.4 is 0 Å². The minimum absolute atomic E-state index is 0.604. The highest BCUT2D eigenvalue weighted by Crippen LogP contribution is 2.14. The molecule has 0 saturated carbocycles. The Hall–Kier alpha value is -1.43. The summed E-state index contributed by atoms with van der Waals surface area (Å²) in [4.78, 5) is 4.53. The van der Waals surface area contributed by atoms with E-state index in [2.05, 4.69) is 15.6 Å². The largest absolute Gasteiger partial charge is 0.382 e. The summed E-state index contributed by atoms with van der Waals surface area (Å²) in [6.45, 7) is 5.95. The number of fused-ring (bicyclic) bond motifs is 1. The fraction of sp³-hybridized carbons (Fsp3) is 0.533. The van der Waals surface area contributed by atoms with E-state index in [0.717, 1.165) is 23.4 Å². The lowest BCUT2D eigenvalue weighted by molar-refractivity contribution is 0.0231. The van der Waals surface area contributed by atoms with Crippen LogP contribution in [0.5, 0.6) is 0 Å². The maximum Gasteiger partial charge on any atom is 0.106 e. The van der Waals surface area contributed by atoms with Crippen LogP contribution in [0.1, 0.15) is 5.82 Å². The normalized spacial score (nSPS) is 11.3. The van der Waals surface area contributed by atoms with Gasteiger partial charge in [0, 0.05) is 13.7 Å². The topological polar surface area (TPSA) is 45.5 Å². The molecule has 0 unspecified atom stereocenters. The van der Waals surface area contributed by atoms with Gasteiger partial charge in [0.1, 0.15) is 5.82 Å². The van der Waals surface area contributed by atoms with Gasteiger partial charge in [-0.3, -0.25) is 0 Å². The summed E-state index contributed by atoms with van der Waals surface area (Å²) >= 11 is 0. The molecule has 1 aromatic carbocycles. The highest BCUT2D eigenvalue weighted by atomic mass is 16.5. The van der Waals surface area contributed by atoms with Crippen molar-refractivity contribution in [3.8, 4) is 0 Å². The molecular weight excluding hydrogens is 256 g/mol. The van der Waals surface area contributed by atoms with E-state index >= 15 is 0 Å². The summed E-state index contributed by atoms with van der Waals surface area (Å²) in [5.41, 5.74) is 2.19. The van der Waals surface area contributed by atoms with Crippen molar-refractivity contribution in [1.82, 2.24) is 9.55 Å². The van der Waals surface area contributed by atoms with Gasteiger partial charge in [0.2, 0.25) is 0 Å². The molecular formula is C15H22N2O3. The van der Waals surface area contributed by atoms with Crippen LogP contribution in [-0.2, 0) is 20.8 Å². The Morgan fingerprint density at radius 1 is 1.00 bits per heavy atom. The Labute approximate surface area is 119 Å². The summed E-state index contributed by atoms with van der Waals surface area (Å²) in [6.07, 6.45) is 0. The van der Waals surface area contributed by atoms with Gasteiger partial charge in [-0.15, -0.1) is 0 Å². The smallest absolute Gasteiger partial charge is 0.106 e. The predicted molar refractivity (Wildman–Crippen MR) is 78.0 cm³/mol. The lowest BCUT2D eigenvalue weighted by atomic mass is 10.3. The van der Waals surface area contributed by atoms with Crippen LogP contribution in [0.2, 0.25) is 0 Å². The van der Waals surface area contributed by atoms with E-state index in [9.17, 15) is 0 Å². The van der Waals surface area contributed by atoms with Gasteiger partial charge in [0.05, 0.1) is 44.1 Å². The van der Waals surface area contributed by atoms with Crippen molar-refractivity contribution < 1.29 is 14.2 Å². The van der Waals surface area contributed by atoms with Crippen LogP contribution in [0.3, 0.4) is 0 Å². The highest BCUT2D eigenvalue weighted by Gasteiger charge is 2.05. The molecule has 0 N–H and O–H groups in total. The molecule has 0 amide bonds. The molecule has 0 saturated heterocycles. The standard InChI is InChI=1S/C15H22N2O3/c1-13-16-14-5-3-4-6-15(14)17(13)7-8-19-11-12-20-10-9-18-2/h3-6H,7-12H2,1-2H3. The lowest BCUT2D eigenvalue weighted by Crippen LogP contribution is -2.12. The van der Waals surface area contributed by atoms with Crippen molar-refractivity contribution in [2.75, 3.05) is 40.1 Å². The number of benzene rings is 1. The lowest BCUT2D eigenvalue weighted by Gasteiger charge is -2.08. The first-order chi connectivity index (χ1) is 9.83. The number of para-hydroxylation sites is 2. The SMILES string of the molecule is COCCOCCOCCn1c(C)nc2ccccc21. The van der Waals surface area contributed by atoms with Gasteiger partial charge in [0.15, 0.2) is 0 Å². The number of aryl methyl sites for hydroxylation is 1. The van der Waals surface area contributed by atoms with Gasteiger partial charge in [0.25, 0.3) is 0 Å². The molecule has 0 bridgehead atoms. The average Bonchev–Trinajstić information content (AvgIpc) is 2.78. The van der Waals surface area contributed by atoms with E-state index in [1.54, 1.807) is 7.11 Å². The molecule has 0 atom stereocenters. The van der Waals surface area contributed by atoms with Gasteiger partial charge < -0.3 is 18.8 Å². The van der Waals surface area contributed by atoms with Crippen LogP contribution in [-0.4, -0.2) is 49.7 Å². The van der Waals surface area contributed by atoms with Gasteiger partial charge in [-0.2, -0.15) is 0 Å². The van der Waals surface area contributed by atoms with E-state index in [-0.39, 0.29) is 0 Å². The third kappa shape index (κ3) is 4.03. The van der Waals surface area contributed by atoms with Crippen LogP contribution in [0.4, 0.5) is 0 Å². The van der Waals surface area contributed by atoms with Crippen molar-refractivity contribution >= 4 is 11.0 Å². The number of imidazole rings is 1. The number of hydrogen-bond donors (Lipinski definition) is 0. The minimum Gasteiger partial charge on any atom is -0.382 e. The summed E-state index contributed by atoms with van der Waals surface area (Å²) in [7, 11) is 1.66. The Morgan fingerprint density at radius 3 is 2.50 bits per heavy atom. The van der Waals surface area contributed by atoms with E-state index in [4.69, 9.17) is 14.2 Å². The third-order valence-corrected chi connectivity index (χ3v) is 3.11. The maximum absolute atomic E-state index is 5.58. The molecule has 2 rings (SSSR count). The summed E-state index contributed by atoms with van der Waals surface area (Å²) in [6, 6.07) is 8.16. The monoisotopic (exact) mass is 278 g/mol. The number of methoxy groups -OCH3 is 1. The molecule has 0 aliphatic heterocycles. The first-order valence-corrected chi connectivity index (χ1v) is 6.89. The molecule has 0 aliphatic rings. The number of hydrogen-bond acceptors (Lipinski definition) is 4. The Kier molecular flexibility index (Phi) is 5.98. The van der Waals surface area contributed by atoms with Crippen LogP contribution in [0, 0.1) is 6.92 Å². The second-order valence-electron chi connectivity index (χ2n) is 4.52. The van der Waals surface area contributed by atoms with E-state index < -0.39 is 0 Å². The molecule has 1 heterocycles. The third-order valence-electron chi connectivity index (χ3n) is 3.11. The second kappa shape index (κ2) is 7.99. The van der Waals surface area contributed by atoms with E-state index in [0.29, 0.717) is 33.0 Å². The quantitative estimate of drug-likeness (QED) is 0.658. The number of ether oxygens (including phenoxy) is 3. The number of nitrogens with zero attached hydrogens (tertiary/aromatic N) is 2. The Balaban J connectivity index is 1.72. The van der Waals surface area contributed by atoms with Crippen LogP contribution in [0.25, 0.3) is 11.0 Å². The van der Waals surface area contributed by atoms with Crippen molar-refractivity contribution in [2.45, 2.75) is 13.5 Å². The van der Waals surface area contributed by atoms with Gasteiger partial charge in [-0.25, -0.2) is 4.98 Å². The molecule has 0 aliphatic carbocycles. The first-order valence-electron chi connectivity index (χ1n) is 6.89. The zero-order valence-corrected chi connectivity index (χ0v) is 12.2. The second-order valence-corrected chi connectivity index (χ2v) is 4.52. The summed E-state index contributed by atoms with van der Waals surface area (Å²) < 4.78 is 18.0. The van der Waals surface area contributed by atoms with Crippen molar-refractivity contribution in [2.24, 2.45) is 0 Å². The van der Waals surface area contributed by atoms with Crippen molar-refractivity contribution in [3.05, 3.63) is 30.1 Å². The predicted octanol–water partition coefficient (Wildman–Crippen LogP) is 2.02. The minimum atomic E-state index is 0.604. The van der Waals surface area contributed by atoms with Gasteiger partial charge >= 0.3 is 0 Å². The zero-order valence-electron chi connectivity index (χ0n) is 12.2. The van der Waals surface area contributed by atoms with Crippen LogP contribution in [0.15, 0.2) is 24.3 Å². The molecule has 20 heavy (non-hydrogen) atoms. The first kappa shape index (κ1) is 15.0.